The lowest BCUT2D eigenvalue weighted by atomic mass is 10.1. The number of amides is 1. The van der Waals surface area contributed by atoms with Crippen molar-refractivity contribution in [2.24, 2.45) is 0 Å². The number of thiazole rings is 1. The second-order valence-electron chi connectivity index (χ2n) is 5.47. The highest BCUT2D eigenvalue weighted by molar-refractivity contribution is 7.18. The lowest BCUT2D eigenvalue weighted by Gasteiger charge is -2.02. The van der Waals surface area contributed by atoms with E-state index in [9.17, 15) is 14.0 Å². The number of hydrogen-bond donors (Lipinski definition) is 1. The van der Waals surface area contributed by atoms with Crippen LogP contribution in [0.1, 0.15) is 22.2 Å². The van der Waals surface area contributed by atoms with Crippen molar-refractivity contribution in [1.82, 2.24) is 4.98 Å². The van der Waals surface area contributed by atoms with Crippen molar-refractivity contribution in [3.05, 3.63) is 70.9 Å². The first-order valence-corrected chi connectivity index (χ1v) is 8.46. The summed E-state index contributed by atoms with van der Waals surface area (Å²) in [6.45, 7) is 1.47. The standard InChI is InChI=1S/C19H15FN2O2S/c1-12(23)18-17(14-7-3-2-4-8-14)22-19(25-18)21-16(24)11-13-6-5-9-15(20)10-13/h2-10H,11H2,1H3,(H,21,22,24). The van der Waals surface area contributed by atoms with E-state index >= 15 is 0 Å². The minimum absolute atomic E-state index is 0.0351. The normalized spacial score (nSPS) is 10.5. The molecule has 126 valence electrons. The second kappa shape index (κ2) is 7.36. The van der Waals surface area contributed by atoms with Gasteiger partial charge in [-0.25, -0.2) is 9.37 Å². The number of carbonyl (C=O) groups is 2. The quantitative estimate of drug-likeness (QED) is 0.694. The van der Waals surface area contributed by atoms with Crippen LogP contribution < -0.4 is 5.32 Å². The fourth-order valence-corrected chi connectivity index (χ4v) is 3.30. The number of nitrogens with one attached hydrogen (secondary N) is 1. The van der Waals surface area contributed by atoms with Crippen molar-refractivity contribution in [3.63, 3.8) is 0 Å². The summed E-state index contributed by atoms with van der Waals surface area (Å²) in [5.41, 5.74) is 1.94. The van der Waals surface area contributed by atoms with Crippen molar-refractivity contribution in [1.29, 1.82) is 0 Å². The molecule has 0 unspecified atom stereocenters. The summed E-state index contributed by atoms with van der Waals surface area (Å²) in [5.74, 6) is -0.805. The van der Waals surface area contributed by atoms with Crippen molar-refractivity contribution < 1.29 is 14.0 Å². The van der Waals surface area contributed by atoms with Gasteiger partial charge in [-0.2, -0.15) is 0 Å². The Morgan fingerprint density at radius 2 is 1.88 bits per heavy atom. The Labute approximate surface area is 148 Å². The second-order valence-corrected chi connectivity index (χ2v) is 6.47. The minimum atomic E-state index is -0.384. The molecule has 3 aromatic rings. The Kier molecular flexibility index (Phi) is 5.00. The van der Waals surface area contributed by atoms with Crippen LogP contribution in [-0.4, -0.2) is 16.7 Å². The van der Waals surface area contributed by atoms with Crippen LogP contribution in [0.25, 0.3) is 11.3 Å². The zero-order chi connectivity index (χ0) is 17.8. The lowest BCUT2D eigenvalue weighted by Crippen LogP contribution is -2.14. The van der Waals surface area contributed by atoms with E-state index in [2.05, 4.69) is 10.3 Å². The average Bonchev–Trinajstić information content (AvgIpc) is 2.99. The lowest BCUT2D eigenvalue weighted by molar-refractivity contribution is -0.115. The maximum Gasteiger partial charge on any atom is 0.230 e. The summed E-state index contributed by atoms with van der Waals surface area (Å²) < 4.78 is 13.2. The molecule has 0 spiro atoms. The molecule has 2 aromatic carbocycles. The van der Waals surface area contributed by atoms with Gasteiger partial charge in [-0.3, -0.25) is 9.59 Å². The molecule has 1 amide bonds. The SMILES string of the molecule is CC(=O)c1sc(NC(=O)Cc2cccc(F)c2)nc1-c1ccccc1. The molecule has 0 aliphatic heterocycles. The van der Waals surface area contributed by atoms with Gasteiger partial charge in [-0.15, -0.1) is 0 Å². The number of carbonyl (C=O) groups excluding carboxylic acids is 2. The Morgan fingerprint density at radius 1 is 1.12 bits per heavy atom. The summed E-state index contributed by atoms with van der Waals surface area (Å²) in [7, 11) is 0. The largest absolute Gasteiger partial charge is 0.302 e. The Hall–Kier alpha value is -2.86. The summed E-state index contributed by atoms with van der Waals surface area (Å²) in [5, 5.41) is 3.04. The van der Waals surface area contributed by atoms with Gasteiger partial charge in [0.2, 0.25) is 5.91 Å². The third-order valence-electron chi connectivity index (χ3n) is 3.49. The highest BCUT2D eigenvalue weighted by atomic mass is 32.1. The molecule has 0 saturated carbocycles. The Balaban J connectivity index is 1.81. The van der Waals surface area contributed by atoms with Crippen LogP contribution in [0, 0.1) is 5.82 Å². The van der Waals surface area contributed by atoms with Crippen molar-refractivity contribution >= 4 is 28.2 Å². The molecule has 0 radical (unpaired) electrons. The molecule has 0 atom stereocenters. The Bertz CT molecular complexity index is 922. The third kappa shape index (κ3) is 4.16. The van der Waals surface area contributed by atoms with E-state index in [0.717, 1.165) is 16.9 Å². The molecule has 0 aliphatic carbocycles. The van der Waals surface area contributed by atoms with Crippen molar-refractivity contribution in [2.45, 2.75) is 13.3 Å². The number of nitrogens with zero attached hydrogens (tertiary/aromatic N) is 1. The topological polar surface area (TPSA) is 59.1 Å². The van der Waals surface area contributed by atoms with Crippen LogP contribution in [0.4, 0.5) is 9.52 Å². The Morgan fingerprint density at radius 3 is 2.56 bits per heavy atom. The summed E-state index contributed by atoms with van der Waals surface area (Å²) >= 11 is 1.14. The van der Waals surface area contributed by atoms with Crippen LogP contribution >= 0.6 is 11.3 Å². The molecule has 1 heterocycles. The van der Waals surface area contributed by atoms with E-state index in [4.69, 9.17) is 0 Å². The molecular formula is C19H15FN2O2S. The van der Waals surface area contributed by atoms with Gasteiger partial charge in [0.1, 0.15) is 5.82 Å². The first-order valence-electron chi connectivity index (χ1n) is 7.64. The van der Waals surface area contributed by atoms with Crippen molar-refractivity contribution in [3.8, 4) is 11.3 Å². The summed E-state index contributed by atoms with van der Waals surface area (Å²) in [6, 6.07) is 15.2. The predicted molar refractivity (Wildman–Crippen MR) is 96.3 cm³/mol. The predicted octanol–water partition coefficient (Wildman–Crippen LogP) is 4.33. The number of hydrogen-bond acceptors (Lipinski definition) is 4. The maximum absolute atomic E-state index is 13.2. The van der Waals surface area contributed by atoms with Gasteiger partial charge in [0.25, 0.3) is 0 Å². The molecule has 6 heteroatoms. The van der Waals surface area contributed by atoms with Gasteiger partial charge in [0, 0.05) is 12.5 Å². The maximum atomic E-state index is 13.2. The van der Waals surface area contributed by atoms with Crippen LogP contribution in [0.15, 0.2) is 54.6 Å². The average molecular weight is 354 g/mol. The molecule has 0 saturated heterocycles. The van der Waals surface area contributed by atoms with Crippen LogP contribution in [0.5, 0.6) is 0 Å². The monoisotopic (exact) mass is 354 g/mol. The van der Waals surface area contributed by atoms with Crippen LogP contribution in [0.3, 0.4) is 0 Å². The minimum Gasteiger partial charge on any atom is -0.302 e. The number of anilines is 1. The molecule has 1 N–H and O–H groups in total. The number of halogens is 1. The van der Waals surface area contributed by atoms with Crippen LogP contribution in [0.2, 0.25) is 0 Å². The van der Waals surface area contributed by atoms with E-state index < -0.39 is 0 Å². The van der Waals surface area contributed by atoms with E-state index in [-0.39, 0.29) is 23.9 Å². The van der Waals surface area contributed by atoms with Gasteiger partial charge < -0.3 is 5.32 Å². The van der Waals surface area contributed by atoms with E-state index in [1.165, 1.54) is 19.1 Å². The van der Waals surface area contributed by atoms with Gasteiger partial charge in [-0.05, 0) is 17.7 Å². The number of benzene rings is 2. The van der Waals surface area contributed by atoms with E-state index in [1.807, 2.05) is 30.3 Å². The summed E-state index contributed by atoms with van der Waals surface area (Å²) in [4.78, 5) is 28.9. The molecule has 1 aromatic heterocycles. The smallest absolute Gasteiger partial charge is 0.230 e. The third-order valence-corrected chi connectivity index (χ3v) is 4.57. The van der Waals surface area contributed by atoms with E-state index in [1.54, 1.807) is 12.1 Å². The van der Waals surface area contributed by atoms with Gasteiger partial charge in [0.05, 0.1) is 17.0 Å². The highest BCUT2D eigenvalue weighted by Gasteiger charge is 2.18. The molecule has 25 heavy (non-hydrogen) atoms. The number of Topliss-reactive ketones (excluding diaryl/α,β-unsaturated/α-hetero) is 1. The first kappa shape index (κ1) is 17.0. The number of rotatable bonds is 5. The number of ketones is 1. The van der Waals surface area contributed by atoms with Crippen LogP contribution in [-0.2, 0) is 11.2 Å². The van der Waals surface area contributed by atoms with Gasteiger partial charge in [0.15, 0.2) is 10.9 Å². The van der Waals surface area contributed by atoms with E-state index in [0.29, 0.717) is 21.3 Å². The molecule has 0 fully saturated rings. The molecule has 4 nitrogen and oxygen atoms in total. The zero-order valence-corrected chi connectivity index (χ0v) is 14.3. The molecular weight excluding hydrogens is 339 g/mol. The highest BCUT2D eigenvalue weighted by Crippen LogP contribution is 2.31. The molecule has 0 bridgehead atoms. The zero-order valence-electron chi connectivity index (χ0n) is 13.5. The summed E-state index contributed by atoms with van der Waals surface area (Å²) in [6.07, 6.45) is 0.0351. The van der Waals surface area contributed by atoms with Crippen molar-refractivity contribution in [2.75, 3.05) is 5.32 Å². The molecule has 3 rings (SSSR count). The molecule has 0 aliphatic rings. The van der Waals surface area contributed by atoms with Gasteiger partial charge in [-0.1, -0.05) is 53.8 Å². The fourth-order valence-electron chi connectivity index (χ4n) is 2.40. The first-order chi connectivity index (χ1) is 12.0. The number of aromatic nitrogens is 1. The fraction of sp³-hybridized carbons (Fsp3) is 0.105. The van der Waals surface area contributed by atoms with Gasteiger partial charge >= 0.3 is 0 Å².